The van der Waals surface area contributed by atoms with E-state index < -0.39 is 11.4 Å². The molecule has 0 aliphatic rings. The lowest BCUT2D eigenvalue weighted by molar-refractivity contribution is -0.142. The molecule has 1 aromatic carbocycles. The lowest BCUT2D eigenvalue weighted by atomic mass is 9.77. The van der Waals surface area contributed by atoms with Crippen LogP contribution in [-0.4, -0.2) is 16.1 Å². The van der Waals surface area contributed by atoms with E-state index in [-0.39, 0.29) is 12.4 Å². The lowest BCUT2D eigenvalue weighted by Crippen LogP contribution is -2.31. The molecule has 4 nitrogen and oxygen atoms in total. The number of nitrogens with zero attached hydrogens (tertiary/aromatic N) is 1. The van der Waals surface area contributed by atoms with Crippen LogP contribution in [0.2, 0.25) is 0 Å². The van der Waals surface area contributed by atoms with Gasteiger partial charge in [-0.05, 0) is 62.3 Å². The molecule has 2 aromatic rings. The maximum Gasteiger partial charge on any atom is 0.313 e. The van der Waals surface area contributed by atoms with Crippen LogP contribution in [0.3, 0.4) is 0 Å². The Hall–Kier alpha value is -1.91. The number of aliphatic carboxylic acids is 1. The van der Waals surface area contributed by atoms with E-state index >= 15 is 0 Å². The summed E-state index contributed by atoms with van der Waals surface area (Å²) < 4.78 is 0. The molecule has 0 spiro atoms. The molecule has 0 unspecified atom stereocenters. The molecular formula is C22H31ClN2O2. The summed E-state index contributed by atoms with van der Waals surface area (Å²) in [5, 5.41) is 9.85. The maximum absolute atomic E-state index is 12.0. The fourth-order valence-electron chi connectivity index (χ4n) is 3.49. The van der Waals surface area contributed by atoms with E-state index in [1.165, 1.54) is 0 Å². The Kier molecular flexibility index (Phi) is 7.58. The summed E-state index contributed by atoms with van der Waals surface area (Å²) in [6.45, 7) is 12.1. The average Bonchev–Trinajstić information content (AvgIpc) is 2.54. The van der Waals surface area contributed by atoms with Crippen molar-refractivity contribution in [2.24, 2.45) is 11.7 Å². The predicted octanol–water partition coefficient (Wildman–Crippen LogP) is 4.81. The van der Waals surface area contributed by atoms with E-state index in [1.807, 2.05) is 38.1 Å². The molecule has 0 fully saturated rings. The number of aromatic nitrogens is 1. The van der Waals surface area contributed by atoms with Crippen LogP contribution in [0.1, 0.15) is 55.8 Å². The highest BCUT2D eigenvalue weighted by atomic mass is 35.5. The summed E-state index contributed by atoms with van der Waals surface area (Å²) >= 11 is 0. The van der Waals surface area contributed by atoms with Crippen molar-refractivity contribution < 1.29 is 9.90 Å². The van der Waals surface area contributed by atoms with Crippen LogP contribution in [0.25, 0.3) is 11.1 Å². The average molecular weight is 391 g/mol. The van der Waals surface area contributed by atoms with Gasteiger partial charge in [0.05, 0.1) is 5.41 Å². The Bertz CT molecular complexity index is 812. The van der Waals surface area contributed by atoms with Gasteiger partial charge in [-0.15, -0.1) is 12.4 Å². The normalized spacial score (nSPS) is 11.4. The van der Waals surface area contributed by atoms with Gasteiger partial charge in [0, 0.05) is 17.9 Å². The largest absolute Gasteiger partial charge is 0.481 e. The molecule has 0 atom stereocenters. The number of carbonyl (C=O) groups is 1. The molecule has 5 heteroatoms. The predicted molar refractivity (Wildman–Crippen MR) is 113 cm³/mol. The van der Waals surface area contributed by atoms with E-state index in [1.54, 1.807) is 13.8 Å². The summed E-state index contributed by atoms with van der Waals surface area (Å²) in [6.07, 6.45) is 0.819. The van der Waals surface area contributed by atoms with Crippen molar-refractivity contribution in [1.82, 2.24) is 4.98 Å². The standard InChI is InChI=1S/C22H30N2O2.ClH/c1-13(2)11-18-17(12-23)19(16-9-7-14(3)8-10-16)20(15(4)24-18)22(5,6)21(25)26;/h7-10,13H,11-12,23H2,1-6H3,(H,25,26);1H. The van der Waals surface area contributed by atoms with Gasteiger partial charge in [0.15, 0.2) is 0 Å². The number of carboxylic acid groups (broad SMARTS) is 1. The van der Waals surface area contributed by atoms with Crippen LogP contribution in [0.4, 0.5) is 0 Å². The summed E-state index contributed by atoms with van der Waals surface area (Å²) in [4.78, 5) is 16.8. The molecule has 27 heavy (non-hydrogen) atoms. The zero-order valence-corrected chi connectivity index (χ0v) is 17.9. The molecule has 0 saturated carbocycles. The number of hydrogen-bond donors (Lipinski definition) is 2. The van der Waals surface area contributed by atoms with Gasteiger partial charge in [-0.1, -0.05) is 43.7 Å². The van der Waals surface area contributed by atoms with Crippen molar-refractivity contribution in [2.75, 3.05) is 0 Å². The Morgan fingerprint density at radius 2 is 1.74 bits per heavy atom. The Morgan fingerprint density at radius 3 is 2.19 bits per heavy atom. The SMILES string of the molecule is Cc1ccc(-c2c(CN)c(CC(C)C)nc(C)c2C(C)(C)C(=O)O)cc1.Cl. The first-order chi connectivity index (χ1) is 12.1. The van der Waals surface area contributed by atoms with Gasteiger partial charge in [-0.2, -0.15) is 0 Å². The van der Waals surface area contributed by atoms with Gasteiger partial charge in [0.25, 0.3) is 0 Å². The molecule has 2 rings (SSSR count). The molecule has 0 bridgehead atoms. The Balaban J connectivity index is 0.00000364. The van der Waals surface area contributed by atoms with E-state index in [2.05, 4.69) is 13.8 Å². The van der Waals surface area contributed by atoms with Crippen molar-refractivity contribution in [1.29, 1.82) is 0 Å². The van der Waals surface area contributed by atoms with Crippen LogP contribution in [-0.2, 0) is 23.2 Å². The van der Waals surface area contributed by atoms with E-state index in [4.69, 9.17) is 10.7 Å². The molecule has 0 radical (unpaired) electrons. The van der Waals surface area contributed by atoms with Crippen LogP contribution in [0, 0.1) is 19.8 Å². The molecular weight excluding hydrogens is 360 g/mol. The number of aryl methyl sites for hydroxylation is 2. The minimum absolute atomic E-state index is 0. The molecule has 0 amide bonds. The van der Waals surface area contributed by atoms with Gasteiger partial charge in [-0.25, -0.2) is 0 Å². The highest BCUT2D eigenvalue weighted by molar-refractivity contribution is 5.86. The lowest BCUT2D eigenvalue weighted by Gasteiger charge is -2.28. The van der Waals surface area contributed by atoms with Gasteiger partial charge >= 0.3 is 5.97 Å². The Labute approximate surface area is 168 Å². The number of carboxylic acids is 1. The monoisotopic (exact) mass is 390 g/mol. The van der Waals surface area contributed by atoms with Gasteiger partial charge in [0.1, 0.15) is 0 Å². The maximum atomic E-state index is 12.0. The highest BCUT2D eigenvalue weighted by Gasteiger charge is 2.36. The second kappa shape index (κ2) is 8.85. The summed E-state index contributed by atoms with van der Waals surface area (Å²) in [5.41, 5.74) is 11.6. The zero-order chi connectivity index (χ0) is 19.6. The third-order valence-corrected chi connectivity index (χ3v) is 4.87. The van der Waals surface area contributed by atoms with Crippen molar-refractivity contribution in [2.45, 2.75) is 59.9 Å². The summed E-state index contributed by atoms with van der Waals surface area (Å²) in [5.74, 6) is -0.424. The molecule has 0 saturated heterocycles. The van der Waals surface area contributed by atoms with Crippen molar-refractivity contribution >= 4 is 18.4 Å². The van der Waals surface area contributed by atoms with Gasteiger partial charge in [-0.3, -0.25) is 9.78 Å². The first-order valence-corrected chi connectivity index (χ1v) is 9.12. The van der Waals surface area contributed by atoms with Gasteiger partial charge < -0.3 is 10.8 Å². The quantitative estimate of drug-likeness (QED) is 0.742. The number of nitrogens with two attached hydrogens (primary N) is 1. The molecule has 1 heterocycles. The number of halogens is 1. The van der Waals surface area contributed by atoms with Crippen LogP contribution in [0.15, 0.2) is 24.3 Å². The molecule has 148 valence electrons. The van der Waals surface area contributed by atoms with Gasteiger partial charge in [0.2, 0.25) is 0 Å². The fraction of sp³-hybridized carbons (Fsp3) is 0.455. The fourth-order valence-corrected chi connectivity index (χ4v) is 3.49. The summed E-state index contributed by atoms with van der Waals surface area (Å²) in [7, 11) is 0. The summed E-state index contributed by atoms with van der Waals surface area (Å²) in [6, 6.07) is 8.18. The van der Waals surface area contributed by atoms with E-state index in [9.17, 15) is 9.90 Å². The number of rotatable bonds is 6. The Morgan fingerprint density at radius 1 is 1.19 bits per heavy atom. The van der Waals surface area contributed by atoms with Crippen molar-refractivity contribution in [3.05, 3.63) is 52.3 Å². The second-order valence-electron chi connectivity index (χ2n) is 7.97. The van der Waals surface area contributed by atoms with Crippen LogP contribution < -0.4 is 5.73 Å². The van der Waals surface area contributed by atoms with Crippen molar-refractivity contribution in [3.63, 3.8) is 0 Å². The van der Waals surface area contributed by atoms with Crippen molar-refractivity contribution in [3.8, 4) is 11.1 Å². The minimum Gasteiger partial charge on any atom is -0.481 e. The molecule has 0 aliphatic carbocycles. The molecule has 1 aromatic heterocycles. The minimum atomic E-state index is -1.06. The van der Waals surface area contributed by atoms with E-state index in [0.29, 0.717) is 12.5 Å². The number of benzene rings is 1. The molecule has 0 aliphatic heterocycles. The van der Waals surface area contributed by atoms with Crippen LogP contribution >= 0.6 is 12.4 Å². The first-order valence-electron chi connectivity index (χ1n) is 9.12. The first kappa shape index (κ1) is 23.1. The second-order valence-corrected chi connectivity index (χ2v) is 7.97. The van der Waals surface area contributed by atoms with Crippen LogP contribution in [0.5, 0.6) is 0 Å². The number of pyridine rings is 1. The third-order valence-electron chi connectivity index (χ3n) is 4.87. The smallest absolute Gasteiger partial charge is 0.313 e. The van der Waals surface area contributed by atoms with E-state index in [0.717, 1.165) is 45.6 Å². The number of hydrogen-bond acceptors (Lipinski definition) is 3. The molecule has 3 N–H and O–H groups in total. The highest BCUT2D eigenvalue weighted by Crippen LogP contribution is 2.39. The zero-order valence-electron chi connectivity index (χ0n) is 17.1. The third kappa shape index (κ3) is 4.69. The topological polar surface area (TPSA) is 76.2 Å².